The van der Waals surface area contributed by atoms with Gasteiger partial charge in [-0.3, -0.25) is 9.36 Å². The third-order valence-electron chi connectivity index (χ3n) is 3.88. The van der Waals surface area contributed by atoms with E-state index < -0.39 is 6.36 Å². The van der Waals surface area contributed by atoms with Crippen molar-refractivity contribution in [2.24, 2.45) is 0 Å². The number of alkyl halides is 3. The summed E-state index contributed by atoms with van der Waals surface area (Å²) >= 11 is 2.96. The molecule has 0 radical (unpaired) electrons. The molecule has 26 heavy (non-hydrogen) atoms. The Labute approximate surface area is 157 Å². The van der Waals surface area contributed by atoms with Crippen LogP contribution < -0.4 is 10.3 Å². The first-order valence-electron chi connectivity index (χ1n) is 8.10. The number of ether oxygens (including phenoxy) is 1. The van der Waals surface area contributed by atoms with E-state index in [2.05, 4.69) is 9.72 Å². The van der Waals surface area contributed by atoms with Gasteiger partial charge in [0.15, 0.2) is 5.16 Å². The molecule has 0 amide bonds. The van der Waals surface area contributed by atoms with Gasteiger partial charge in [-0.1, -0.05) is 25.6 Å². The summed E-state index contributed by atoms with van der Waals surface area (Å²) in [6.07, 6.45) is -3.09. The molecule has 0 N–H and O–H groups in total. The average molecular weight is 402 g/mol. The quantitative estimate of drug-likeness (QED) is 0.537. The minimum atomic E-state index is -4.75. The highest BCUT2D eigenvalue weighted by Gasteiger charge is 2.31. The Balaban J connectivity index is 2.04. The van der Waals surface area contributed by atoms with Crippen LogP contribution >= 0.6 is 23.5 Å². The predicted molar refractivity (Wildman–Crippen MR) is 96.6 cm³/mol. The summed E-state index contributed by atoms with van der Waals surface area (Å²) < 4.78 is 42.4. The van der Waals surface area contributed by atoms with E-state index in [9.17, 15) is 18.0 Å². The van der Waals surface area contributed by atoms with E-state index in [4.69, 9.17) is 0 Å². The van der Waals surface area contributed by atoms with Crippen LogP contribution in [0.3, 0.4) is 0 Å². The molecule has 0 aliphatic carbocycles. The molecule has 0 saturated carbocycles. The minimum Gasteiger partial charge on any atom is -0.406 e. The van der Waals surface area contributed by atoms with Gasteiger partial charge >= 0.3 is 6.36 Å². The number of rotatable bonds is 5. The normalized spacial score (nSPS) is 15.0. The molecule has 0 fully saturated rings. The van der Waals surface area contributed by atoms with Crippen LogP contribution in [-0.2, 0) is 6.42 Å². The Bertz CT molecular complexity index is 851. The lowest BCUT2D eigenvalue weighted by Gasteiger charge is -2.16. The first-order chi connectivity index (χ1) is 12.3. The SMILES string of the molecule is CC[C@@H](C)Sc1nc2c(c(=O)n1-c1ccc(OC(F)(F)F)cc1)SCC2. The molecular formula is C17H17F3N2O2S2. The summed E-state index contributed by atoms with van der Waals surface area (Å²) in [5.74, 6) is 0.488. The first kappa shape index (κ1) is 19.2. The fraction of sp³-hybridized carbons (Fsp3) is 0.412. The lowest BCUT2D eigenvalue weighted by molar-refractivity contribution is -0.274. The molecule has 2 heterocycles. The van der Waals surface area contributed by atoms with E-state index in [0.717, 1.165) is 24.3 Å². The molecular weight excluding hydrogens is 385 g/mol. The molecule has 1 atom stereocenters. The second-order valence-corrected chi connectivity index (χ2v) is 8.30. The number of benzene rings is 1. The van der Waals surface area contributed by atoms with Crippen molar-refractivity contribution in [2.75, 3.05) is 5.75 Å². The standard InChI is InChI=1S/C17H17F3N2O2S2/c1-3-10(2)26-16-21-13-8-9-25-14(13)15(23)22(16)11-4-6-12(7-5-11)24-17(18,19)20/h4-7,10H,3,8-9H2,1-2H3/t10-/m1/s1. The first-order valence-corrected chi connectivity index (χ1v) is 9.96. The summed E-state index contributed by atoms with van der Waals surface area (Å²) in [6.45, 7) is 4.09. The number of thioether (sulfide) groups is 2. The summed E-state index contributed by atoms with van der Waals surface area (Å²) in [4.78, 5) is 18.2. The van der Waals surface area contributed by atoms with Crippen LogP contribution in [0, 0.1) is 0 Å². The monoisotopic (exact) mass is 402 g/mol. The van der Waals surface area contributed by atoms with E-state index in [0.29, 0.717) is 15.7 Å². The highest BCUT2D eigenvalue weighted by Crippen LogP contribution is 2.32. The van der Waals surface area contributed by atoms with E-state index >= 15 is 0 Å². The average Bonchev–Trinajstić information content (AvgIpc) is 3.03. The Hall–Kier alpha value is -1.61. The Morgan fingerprint density at radius 1 is 1.35 bits per heavy atom. The van der Waals surface area contributed by atoms with Gasteiger partial charge in [-0.25, -0.2) is 4.98 Å². The van der Waals surface area contributed by atoms with E-state index in [1.54, 1.807) is 0 Å². The van der Waals surface area contributed by atoms with Gasteiger partial charge in [0, 0.05) is 17.4 Å². The summed E-state index contributed by atoms with van der Waals surface area (Å²) in [7, 11) is 0. The van der Waals surface area contributed by atoms with E-state index in [-0.39, 0.29) is 16.6 Å². The Morgan fingerprint density at radius 2 is 2.04 bits per heavy atom. The van der Waals surface area contributed by atoms with Crippen LogP contribution in [0.1, 0.15) is 26.0 Å². The topological polar surface area (TPSA) is 44.1 Å². The Morgan fingerprint density at radius 3 is 2.65 bits per heavy atom. The molecule has 0 unspecified atom stereocenters. The lowest BCUT2D eigenvalue weighted by atomic mass is 10.3. The van der Waals surface area contributed by atoms with Crippen LogP contribution in [0.15, 0.2) is 39.1 Å². The number of aryl methyl sites for hydroxylation is 1. The zero-order valence-corrected chi connectivity index (χ0v) is 15.8. The van der Waals surface area contributed by atoms with Crippen molar-refractivity contribution < 1.29 is 17.9 Å². The maximum atomic E-state index is 12.9. The fourth-order valence-electron chi connectivity index (χ4n) is 2.46. The van der Waals surface area contributed by atoms with Crippen LogP contribution in [-0.4, -0.2) is 26.9 Å². The second kappa shape index (κ2) is 7.56. The molecule has 0 spiro atoms. The third-order valence-corrected chi connectivity index (χ3v) is 6.20. The van der Waals surface area contributed by atoms with Crippen LogP contribution in [0.2, 0.25) is 0 Å². The van der Waals surface area contributed by atoms with Gasteiger partial charge in [0.25, 0.3) is 5.56 Å². The maximum Gasteiger partial charge on any atom is 0.573 e. The fourth-order valence-corrected chi connectivity index (χ4v) is 4.47. The van der Waals surface area contributed by atoms with Crippen LogP contribution in [0.5, 0.6) is 5.75 Å². The van der Waals surface area contributed by atoms with Crippen molar-refractivity contribution in [3.05, 3.63) is 40.3 Å². The number of nitrogens with zero attached hydrogens (tertiary/aromatic N) is 2. The summed E-state index contributed by atoms with van der Waals surface area (Å²) in [5, 5.41) is 0.822. The number of hydrogen-bond acceptors (Lipinski definition) is 5. The molecule has 0 bridgehead atoms. The second-order valence-electron chi connectivity index (χ2n) is 5.79. The molecule has 2 aromatic rings. The minimum absolute atomic E-state index is 0.173. The number of aromatic nitrogens is 2. The van der Waals surface area contributed by atoms with Crippen molar-refractivity contribution in [1.82, 2.24) is 9.55 Å². The lowest BCUT2D eigenvalue weighted by Crippen LogP contribution is -2.24. The third kappa shape index (κ3) is 4.20. The van der Waals surface area contributed by atoms with Gasteiger partial charge in [0.05, 0.1) is 16.3 Å². The van der Waals surface area contributed by atoms with Gasteiger partial charge in [0.2, 0.25) is 0 Å². The molecule has 0 saturated heterocycles. The van der Waals surface area contributed by atoms with Crippen molar-refractivity contribution in [3.63, 3.8) is 0 Å². The van der Waals surface area contributed by atoms with Gasteiger partial charge in [-0.15, -0.1) is 24.9 Å². The molecule has 1 aliphatic rings. The van der Waals surface area contributed by atoms with Crippen LogP contribution in [0.25, 0.3) is 5.69 Å². The molecule has 3 rings (SSSR count). The highest BCUT2D eigenvalue weighted by atomic mass is 32.2. The number of fused-ring (bicyclic) bond motifs is 1. The van der Waals surface area contributed by atoms with Crippen molar-refractivity contribution in [1.29, 1.82) is 0 Å². The van der Waals surface area contributed by atoms with Gasteiger partial charge in [-0.05, 0) is 30.7 Å². The molecule has 9 heteroatoms. The molecule has 4 nitrogen and oxygen atoms in total. The zero-order valence-electron chi connectivity index (χ0n) is 14.2. The predicted octanol–water partition coefficient (Wildman–Crippen LogP) is 4.67. The summed E-state index contributed by atoms with van der Waals surface area (Å²) in [6, 6.07) is 5.29. The van der Waals surface area contributed by atoms with Gasteiger partial charge in [0.1, 0.15) is 5.75 Å². The largest absolute Gasteiger partial charge is 0.573 e. The van der Waals surface area contributed by atoms with Crippen molar-refractivity contribution >= 4 is 23.5 Å². The highest BCUT2D eigenvalue weighted by molar-refractivity contribution is 8.00. The van der Waals surface area contributed by atoms with Gasteiger partial charge in [-0.2, -0.15) is 0 Å². The maximum absolute atomic E-state index is 12.9. The summed E-state index contributed by atoms with van der Waals surface area (Å²) in [5.41, 5.74) is 1.10. The smallest absolute Gasteiger partial charge is 0.406 e. The van der Waals surface area contributed by atoms with E-state index in [1.165, 1.54) is 52.4 Å². The number of halogens is 3. The van der Waals surface area contributed by atoms with Crippen LogP contribution in [0.4, 0.5) is 13.2 Å². The van der Waals surface area contributed by atoms with E-state index in [1.807, 2.05) is 13.8 Å². The zero-order chi connectivity index (χ0) is 18.9. The van der Waals surface area contributed by atoms with Crippen molar-refractivity contribution in [2.45, 2.75) is 48.4 Å². The molecule has 1 aliphatic heterocycles. The van der Waals surface area contributed by atoms with Crippen molar-refractivity contribution in [3.8, 4) is 11.4 Å². The number of hydrogen-bond donors (Lipinski definition) is 0. The molecule has 140 valence electrons. The Kier molecular flexibility index (Phi) is 5.57. The molecule has 1 aromatic heterocycles. The molecule has 1 aromatic carbocycles. The van der Waals surface area contributed by atoms with Gasteiger partial charge < -0.3 is 4.74 Å².